The molecule has 100 valence electrons. The summed E-state index contributed by atoms with van der Waals surface area (Å²) in [5.74, 6) is 0. The smallest absolute Gasteiger partial charge is 0.0233 e. The number of nitrogens with two attached hydrogens (primary N) is 1. The van der Waals surface area contributed by atoms with E-state index in [1.54, 1.807) is 0 Å². The Morgan fingerprint density at radius 2 is 1.89 bits per heavy atom. The van der Waals surface area contributed by atoms with Crippen molar-refractivity contribution in [3.8, 4) is 0 Å². The van der Waals surface area contributed by atoms with Gasteiger partial charge in [0.25, 0.3) is 0 Å². The highest BCUT2D eigenvalue weighted by Gasteiger charge is 2.38. The molecule has 0 bridgehead atoms. The van der Waals surface area contributed by atoms with Crippen LogP contribution in [0.1, 0.15) is 38.7 Å². The maximum absolute atomic E-state index is 6.36. The molecule has 2 N–H and O–H groups in total. The summed E-state index contributed by atoms with van der Waals surface area (Å²) in [6.07, 6.45) is 3.51. The van der Waals surface area contributed by atoms with Gasteiger partial charge in [0.15, 0.2) is 0 Å². The zero-order chi connectivity index (χ0) is 13.0. The number of benzene rings is 1. The Kier molecular flexibility index (Phi) is 4.41. The van der Waals surface area contributed by atoms with Crippen molar-refractivity contribution in [3.63, 3.8) is 0 Å². The van der Waals surface area contributed by atoms with Crippen molar-refractivity contribution in [2.45, 2.75) is 45.7 Å². The van der Waals surface area contributed by atoms with E-state index < -0.39 is 0 Å². The molecule has 0 aliphatic carbocycles. The summed E-state index contributed by atoms with van der Waals surface area (Å²) in [5, 5.41) is 0. The molecular weight excluding hydrogens is 220 g/mol. The third-order valence-corrected chi connectivity index (χ3v) is 4.74. The zero-order valence-electron chi connectivity index (χ0n) is 11.7. The molecule has 1 heterocycles. The van der Waals surface area contributed by atoms with E-state index in [1.807, 2.05) is 0 Å². The first-order chi connectivity index (χ1) is 8.70. The summed E-state index contributed by atoms with van der Waals surface area (Å²) in [5.41, 5.74) is 8.10. The van der Waals surface area contributed by atoms with Crippen molar-refractivity contribution in [1.29, 1.82) is 0 Å². The van der Waals surface area contributed by atoms with E-state index in [1.165, 1.54) is 18.4 Å². The number of hydrogen-bond acceptors (Lipinski definition) is 2. The lowest BCUT2D eigenvalue weighted by molar-refractivity contribution is 0.0538. The first kappa shape index (κ1) is 13.6. The lowest BCUT2D eigenvalue weighted by atomic mass is 9.72. The molecule has 0 radical (unpaired) electrons. The van der Waals surface area contributed by atoms with Gasteiger partial charge in [-0.1, -0.05) is 44.2 Å². The van der Waals surface area contributed by atoms with Gasteiger partial charge in [-0.05, 0) is 30.2 Å². The first-order valence-corrected chi connectivity index (χ1v) is 7.22. The van der Waals surface area contributed by atoms with E-state index in [4.69, 9.17) is 5.73 Å². The van der Waals surface area contributed by atoms with Crippen LogP contribution in [0.5, 0.6) is 0 Å². The molecule has 1 aromatic rings. The first-order valence-electron chi connectivity index (χ1n) is 7.22. The summed E-state index contributed by atoms with van der Waals surface area (Å²) in [4.78, 5) is 2.58. The molecule has 2 nitrogen and oxygen atoms in total. The Balaban J connectivity index is 2.03. The molecule has 2 heteroatoms. The van der Waals surface area contributed by atoms with E-state index in [0.29, 0.717) is 11.5 Å². The van der Waals surface area contributed by atoms with Crippen LogP contribution in [0.3, 0.4) is 0 Å². The van der Waals surface area contributed by atoms with Gasteiger partial charge in [-0.15, -0.1) is 0 Å². The third kappa shape index (κ3) is 2.76. The molecule has 2 rings (SSSR count). The molecule has 0 aromatic heterocycles. The molecule has 1 fully saturated rings. The molecule has 1 aromatic carbocycles. The minimum Gasteiger partial charge on any atom is -0.327 e. The minimum atomic E-state index is 0.326. The number of rotatable bonds is 4. The van der Waals surface area contributed by atoms with Crippen LogP contribution in [0.15, 0.2) is 30.3 Å². The van der Waals surface area contributed by atoms with Gasteiger partial charge in [-0.2, -0.15) is 0 Å². The van der Waals surface area contributed by atoms with Crippen LogP contribution >= 0.6 is 0 Å². The van der Waals surface area contributed by atoms with Gasteiger partial charge < -0.3 is 5.73 Å². The average molecular weight is 246 g/mol. The Morgan fingerprint density at radius 1 is 1.22 bits per heavy atom. The van der Waals surface area contributed by atoms with Crippen LogP contribution in [0.25, 0.3) is 0 Å². The van der Waals surface area contributed by atoms with Gasteiger partial charge in [-0.3, -0.25) is 4.90 Å². The van der Waals surface area contributed by atoms with Gasteiger partial charge in [0, 0.05) is 25.7 Å². The minimum absolute atomic E-state index is 0.326. The molecule has 1 aliphatic heterocycles. The Bertz CT molecular complexity index is 357. The van der Waals surface area contributed by atoms with Gasteiger partial charge >= 0.3 is 0 Å². The number of likely N-dealkylation sites (tertiary alicyclic amines) is 1. The highest BCUT2D eigenvalue weighted by Crippen LogP contribution is 2.36. The predicted octanol–water partition coefficient (Wildman–Crippen LogP) is 3.03. The van der Waals surface area contributed by atoms with Gasteiger partial charge in [0.1, 0.15) is 0 Å². The van der Waals surface area contributed by atoms with Crippen molar-refractivity contribution in [3.05, 3.63) is 35.9 Å². The van der Waals surface area contributed by atoms with E-state index in [9.17, 15) is 0 Å². The van der Waals surface area contributed by atoms with Gasteiger partial charge in [-0.25, -0.2) is 0 Å². The third-order valence-electron chi connectivity index (χ3n) is 4.74. The highest BCUT2D eigenvalue weighted by molar-refractivity contribution is 5.14. The normalized spacial score (nSPS) is 24.1. The molecule has 0 spiro atoms. The second kappa shape index (κ2) is 5.85. The average Bonchev–Trinajstić information content (AvgIpc) is 2.42. The second-order valence-corrected chi connectivity index (χ2v) is 5.66. The fraction of sp³-hybridized carbons (Fsp3) is 0.625. The van der Waals surface area contributed by atoms with Crippen LogP contribution in [0.4, 0.5) is 0 Å². The largest absolute Gasteiger partial charge is 0.327 e. The van der Waals surface area contributed by atoms with Crippen molar-refractivity contribution in [2.24, 2.45) is 11.1 Å². The second-order valence-electron chi connectivity index (χ2n) is 5.66. The number of hydrogen-bond donors (Lipinski definition) is 1. The summed E-state index contributed by atoms with van der Waals surface area (Å²) < 4.78 is 0. The van der Waals surface area contributed by atoms with Crippen LogP contribution in [0, 0.1) is 5.41 Å². The highest BCUT2D eigenvalue weighted by atomic mass is 15.1. The number of piperidine rings is 1. The van der Waals surface area contributed by atoms with E-state index in [0.717, 1.165) is 26.1 Å². The molecule has 1 aliphatic rings. The van der Waals surface area contributed by atoms with E-state index in [2.05, 4.69) is 49.1 Å². The summed E-state index contributed by atoms with van der Waals surface area (Å²) >= 11 is 0. The van der Waals surface area contributed by atoms with Crippen molar-refractivity contribution >= 4 is 0 Å². The molecule has 18 heavy (non-hydrogen) atoms. The SMILES string of the molecule is CCC1(CC)CN(Cc2ccccc2)CCC1N. The zero-order valence-corrected chi connectivity index (χ0v) is 11.7. The molecule has 1 unspecified atom stereocenters. The van der Waals surface area contributed by atoms with Crippen molar-refractivity contribution < 1.29 is 0 Å². The van der Waals surface area contributed by atoms with Crippen LogP contribution in [-0.4, -0.2) is 24.0 Å². The van der Waals surface area contributed by atoms with E-state index >= 15 is 0 Å². The van der Waals surface area contributed by atoms with Crippen molar-refractivity contribution in [2.75, 3.05) is 13.1 Å². The van der Waals surface area contributed by atoms with Crippen LogP contribution < -0.4 is 5.73 Å². The summed E-state index contributed by atoms with van der Waals surface area (Å²) in [6, 6.07) is 11.1. The van der Waals surface area contributed by atoms with Crippen molar-refractivity contribution in [1.82, 2.24) is 4.90 Å². The fourth-order valence-electron chi connectivity index (χ4n) is 3.24. The van der Waals surface area contributed by atoms with Crippen LogP contribution in [-0.2, 0) is 6.54 Å². The Hall–Kier alpha value is -0.860. The standard InChI is InChI=1S/C16H26N2/c1-3-16(4-2)13-18(11-10-15(16)17)12-14-8-6-5-7-9-14/h5-9,15H,3-4,10-13,17H2,1-2H3. The van der Waals surface area contributed by atoms with Crippen LogP contribution in [0.2, 0.25) is 0 Å². The monoisotopic (exact) mass is 246 g/mol. The lowest BCUT2D eigenvalue weighted by Crippen LogP contribution is -2.54. The maximum atomic E-state index is 6.36. The molecule has 0 amide bonds. The van der Waals surface area contributed by atoms with Gasteiger partial charge in [0.05, 0.1) is 0 Å². The quantitative estimate of drug-likeness (QED) is 0.885. The van der Waals surface area contributed by atoms with E-state index in [-0.39, 0.29) is 0 Å². The lowest BCUT2D eigenvalue weighted by Gasteiger charge is -2.46. The molecule has 0 saturated carbocycles. The fourth-order valence-corrected chi connectivity index (χ4v) is 3.24. The number of nitrogens with zero attached hydrogens (tertiary/aromatic N) is 1. The topological polar surface area (TPSA) is 29.3 Å². The molecule has 1 saturated heterocycles. The Morgan fingerprint density at radius 3 is 2.50 bits per heavy atom. The summed E-state index contributed by atoms with van der Waals surface area (Å²) in [7, 11) is 0. The van der Waals surface area contributed by atoms with Gasteiger partial charge in [0.2, 0.25) is 0 Å². The maximum Gasteiger partial charge on any atom is 0.0233 e. The predicted molar refractivity (Wildman–Crippen MR) is 77.3 cm³/mol. The molecular formula is C16H26N2. The Labute approximate surface area is 111 Å². The summed E-state index contributed by atoms with van der Waals surface area (Å²) in [6.45, 7) is 7.92. The molecule has 1 atom stereocenters.